The smallest absolute Gasteiger partial charge is 0.256 e. The molecule has 3 aromatic carbocycles. The molecule has 126 valence electrons. The van der Waals surface area contributed by atoms with E-state index >= 15 is 0 Å². The molecule has 3 aromatic rings. The highest BCUT2D eigenvalue weighted by atomic mass is 16.5. The summed E-state index contributed by atoms with van der Waals surface area (Å²) >= 11 is 0. The third kappa shape index (κ3) is 4.18. The van der Waals surface area contributed by atoms with E-state index in [1.165, 1.54) is 0 Å². The molecule has 0 saturated carbocycles. The lowest BCUT2D eigenvalue weighted by Gasteiger charge is -2.12. The van der Waals surface area contributed by atoms with Crippen LogP contribution in [0.5, 0.6) is 11.5 Å². The van der Waals surface area contributed by atoms with Crippen molar-refractivity contribution in [3.8, 4) is 11.5 Å². The van der Waals surface area contributed by atoms with Gasteiger partial charge < -0.3 is 15.2 Å². The number of rotatable bonds is 5. The summed E-state index contributed by atoms with van der Waals surface area (Å²) in [5.74, 6) is 0.506. The molecule has 0 atom stereocenters. The average Bonchev–Trinajstić information content (AvgIpc) is 2.63. The SMILES string of the molecule is Cc1ccc(NC(=O)c2ccccc2COc2ccccc2)c(O)c1. The number of carbonyl (C=O) groups is 1. The summed E-state index contributed by atoms with van der Waals surface area (Å²) in [6, 6.07) is 21.8. The molecule has 4 heteroatoms. The van der Waals surface area contributed by atoms with Crippen LogP contribution < -0.4 is 10.1 Å². The van der Waals surface area contributed by atoms with Crippen LogP contribution in [0.4, 0.5) is 5.69 Å². The van der Waals surface area contributed by atoms with Gasteiger partial charge >= 0.3 is 0 Å². The van der Waals surface area contributed by atoms with Gasteiger partial charge in [-0.2, -0.15) is 0 Å². The Labute approximate surface area is 146 Å². The molecule has 0 aliphatic heterocycles. The van der Waals surface area contributed by atoms with Gasteiger partial charge in [-0.15, -0.1) is 0 Å². The zero-order valence-electron chi connectivity index (χ0n) is 13.9. The quantitative estimate of drug-likeness (QED) is 0.674. The molecule has 0 aromatic heterocycles. The summed E-state index contributed by atoms with van der Waals surface area (Å²) in [7, 11) is 0. The second-order valence-electron chi connectivity index (χ2n) is 5.73. The van der Waals surface area contributed by atoms with Crippen molar-refractivity contribution in [3.05, 3.63) is 89.5 Å². The maximum Gasteiger partial charge on any atom is 0.256 e. The van der Waals surface area contributed by atoms with Crippen molar-refractivity contribution < 1.29 is 14.6 Å². The van der Waals surface area contributed by atoms with E-state index in [1.807, 2.05) is 55.5 Å². The van der Waals surface area contributed by atoms with E-state index in [-0.39, 0.29) is 18.3 Å². The Hall–Kier alpha value is -3.27. The van der Waals surface area contributed by atoms with Crippen molar-refractivity contribution in [2.45, 2.75) is 13.5 Å². The molecule has 2 N–H and O–H groups in total. The summed E-state index contributed by atoms with van der Waals surface area (Å²) in [5.41, 5.74) is 2.59. The molecular weight excluding hydrogens is 314 g/mol. The monoisotopic (exact) mass is 333 g/mol. The molecule has 0 fully saturated rings. The van der Waals surface area contributed by atoms with Crippen LogP contribution in [0.1, 0.15) is 21.5 Å². The van der Waals surface area contributed by atoms with Gasteiger partial charge in [0.05, 0.1) is 5.69 Å². The van der Waals surface area contributed by atoms with Crippen molar-refractivity contribution in [1.29, 1.82) is 0 Å². The Morgan fingerprint density at radius 3 is 2.48 bits per heavy atom. The fourth-order valence-electron chi connectivity index (χ4n) is 2.48. The number of anilines is 1. The molecule has 0 aliphatic rings. The zero-order chi connectivity index (χ0) is 17.6. The van der Waals surface area contributed by atoms with E-state index in [0.29, 0.717) is 11.3 Å². The predicted octanol–water partition coefficient (Wildman–Crippen LogP) is 4.53. The fourth-order valence-corrected chi connectivity index (χ4v) is 2.48. The van der Waals surface area contributed by atoms with Crippen LogP contribution in [0.15, 0.2) is 72.8 Å². The summed E-state index contributed by atoms with van der Waals surface area (Å²) in [6.07, 6.45) is 0. The largest absolute Gasteiger partial charge is 0.506 e. The van der Waals surface area contributed by atoms with Crippen molar-refractivity contribution in [3.63, 3.8) is 0 Å². The molecule has 4 nitrogen and oxygen atoms in total. The van der Waals surface area contributed by atoms with Gasteiger partial charge in [0, 0.05) is 11.1 Å². The average molecular weight is 333 g/mol. The minimum Gasteiger partial charge on any atom is -0.506 e. The minimum absolute atomic E-state index is 0.0476. The summed E-state index contributed by atoms with van der Waals surface area (Å²) in [5, 5.41) is 12.7. The Bertz CT molecular complexity index is 875. The second kappa shape index (κ2) is 7.53. The molecule has 0 radical (unpaired) electrons. The third-order valence-corrected chi connectivity index (χ3v) is 3.80. The van der Waals surface area contributed by atoms with Gasteiger partial charge in [-0.1, -0.05) is 42.5 Å². The van der Waals surface area contributed by atoms with Gasteiger partial charge in [-0.3, -0.25) is 4.79 Å². The Morgan fingerprint density at radius 2 is 1.72 bits per heavy atom. The third-order valence-electron chi connectivity index (χ3n) is 3.80. The van der Waals surface area contributed by atoms with Crippen LogP contribution in [0.3, 0.4) is 0 Å². The normalized spacial score (nSPS) is 10.3. The molecule has 0 bridgehead atoms. The van der Waals surface area contributed by atoms with Gasteiger partial charge in [-0.05, 0) is 42.8 Å². The van der Waals surface area contributed by atoms with Crippen molar-refractivity contribution in [2.75, 3.05) is 5.32 Å². The first-order valence-corrected chi connectivity index (χ1v) is 8.00. The maximum absolute atomic E-state index is 12.6. The van der Waals surface area contributed by atoms with E-state index in [9.17, 15) is 9.90 Å². The summed E-state index contributed by atoms with van der Waals surface area (Å²) in [6.45, 7) is 2.16. The predicted molar refractivity (Wildman–Crippen MR) is 98.0 cm³/mol. The number of benzene rings is 3. The van der Waals surface area contributed by atoms with E-state index in [1.54, 1.807) is 24.3 Å². The lowest BCUT2D eigenvalue weighted by atomic mass is 10.1. The zero-order valence-corrected chi connectivity index (χ0v) is 13.9. The minimum atomic E-state index is -0.286. The number of aromatic hydroxyl groups is 1. The van der Waals surface area contributed by atoms with E-state index in [0.717, 1.165) is 16.9 Å². The van der Waals surface area contributed by atoms with Crippen LogP contribution in [0.2, 0.25) is 0 Å². The lowest BCUT2D eigenvalue weighted by molar-refractivity contribution is 0.102. The number of phenols is 1. The number of hydrogen-bond acceptors (Lipinski definition) is 3. The van der Waals surface area contributed by atoms with Crippen molar-refractivity contribution in [2.24, 2.45) is 0 Å². The fraction of sp³-hybridized carbons (Fsp3) is 0.0952. The van der Waals surface area contributed by atoms with Crippen LogP contribution in [-0.2, 0) is 6.61 Å². The molecule has 25 heavy (non-hydrogen) atoms. The van der Waals surface area contributed by atoms with Crippen LogP contribution in [-0.4, -0.2) is 11.0 Å². The van der Waals surface area contributed by atoms with Gasteiger partial charge in [0.25, 0.3) is 5.91 Å². The summed E-state index contributed by atoms with van der Waals surface area (Å²) < 4.78 is 5.74. The van der Waals surface area contributed by atoms with Crippen LogP contribution >= 0.6 is 0 Å². The van der Waals surface area contributed by atoms with Crippen molar-refractivity contribution in [1.82, 2.24) is 0 Å². The molecule has 0 spiro atoms. The first-order chi connectivity index (χ1) is 12.1. The van der Waals surface area contributed by atoms with Crippen LogP contribution in [0, 0.1) is 6.92 Å². The Kier molecular flexibility index (Phi) is 5.00. The molecule has 0 heterocycles. The number of ether oxygens (including phenoxy) is 1. The number of phenolic OH excluding ortho intramolecular Hbond substituents is 1. The van der Waals surface area contributed by atoms with E-state index in [2.05, 4.69) is 5.32 Å². The number of carbonyl (C=O) groups excluding carboxylic acids is 1. The second-order valence-corrected chi connectivity index (χ2v) is 5.73. The molecule has 1 amide bonds. The van der Waals surface area contributed by atoms with Crippen LogP contribution in [0.25, 0.3) is 0 Å². The number of hydrogen-bond donors (Lipinski definition) is 2. The molecule has 0 aliphatic carbocycles. The van der Waals surface area contributed by atoms with E-state index < -0.39 is 0 Å². The van der Waals surface area contributed by atoms with Gasteiger partial charge in [0.2, 0.25) is 0 Å². The molecule has 0 unspecified atom stereocenters. The first-order valence-electron chi connectivity index (χ1n) is 8.00. The maximum atomic E-state index is 12.6. The lowest BCUT2D eigenvalue weighted by Crippen LogP contribution is -2.15. The number of para-hydroxylation sites is 1. The van der Waals surface area contributed by atoms with Gasteiger partial charge in [0.1, 0.15) is 18.1 Å². The topological polar surface area (TPSA) is 58.6 Å². The number of nitrogens with one attached hydrogen (secondary N) is 1. The van der Waals surface area contributed by atoms with Gasteiger partial charge in [-0.25, -0.2) is 0 Å². The summed E-state index contributed by atoms with van der Waals surface area (Å²) in [4.78, 5) is 12.6. The highest BCUT2D eigenvalue weighted by Gasteiger charge is 2.13. The Morgan fingerprint density at radius 1 is 1.00 bits per heavy atom. The highest BCUT2D eigenvalue weighted by molar-refractivity contribution is 6.06. The molecule has 3 rings (SSSR count). The van der Waals surface area contributed by atoms with E-state index in [4.69, 9.17) is 4.74 Å². The number of amides is 1. The molecule has 0 saturated heterocycles. The van der Waals surface area contributed by atoms with Crippen molar-refractivity contribution >= 4 is 11.6 Å². The van der Waals surface area contributed by atoms with Gasteiger partial charge in [0.15, 0.2) is 0 Å². The number of aryl methyl sites for hydroxylation is 1. The highest BCUT2D eigenvalue weighted by Crippen LogP contribution is 2.25. The standard InChI is InChI=1S/C21H19NO3/c1-15-11-12-19(20(23)13-15)22-21(24)18-10-6-5-7-16(18)14-25-17-8-3-2-4-9-17/h2-13,23H,14H2,1H3,(H,22,24). The molecular formula is C21H19NO3. The first kappa shape index (κ1) is 16.6. The Balaban J connectivity index is 1.76.